The molecule has 0 fully saturated rings. The van der Waals surface area contributed by atoms with Crippen molar-refractivity contribution in [3.63, 3.8) is 0 Å². The molecule has 0 aliphatic heterocycles. The van der Waals surface area contributed by atoms with Crippen molar-refractivity contribution in [2.45, 2.75) is 13.3 Å². The van der Waals surface area contributed by atoms with Crippen LogP contribution < -0.4 is 16.4 Å². The second-order valence-electron chi connectivity index (χ2n) is 5.81. The van der Waals surface area contributed by atoms with Crippen LogP contribution in [-0.4, -0.2) is 24.3 Å². The van der Waals surface area contributed by atoms with Crippen LogP contribution in [0.2, 0.25) is 0 Å². The van der Waals surface area contributed by atoms with Crippen LogP contribution in [-0.2, 0) is 16.0 Å². The zero-order valence-corrected chi connectivity index (χ0v) is 14.0. The quantitative estimate of drug-likeness (QED) is 0.716. The van der Waals surface area contributed by atoms with E-state index >= 15 is 0 Å². The van der Waals surface area contributed by atoms with Gasteiger partial charge in [0.25, 0.3) is 5.91 Å². The SMILES string of the molecule is C[C@@H](Cc1ccccc1)C(=O)Nc1ccc(C(=O)NCC(N)=O)cc1. The summed E-state index contributed by atoms with van der Waals surface area (Å²) < 4.78 is 0. The monoisotopic (exact) mass is 339 g/mol. The Morgan fingerprint density at radius 3 is 2.24 bits per heavy atom. The summed E-state index contributed by atoms with van der Waals surface area (Å²) in [6.45, 7) is 1.66. The van der Waals surface area contributed by atoms with E-state index in [2.05, 4.69) is 10.6 Å². The first-order valence-corrected chi connectivity index (χ1v) is 7.97. The first-order chi connectivity index (χ1) is 12.0. The number of benzene rings is 2. The number of nitrogens with one attached hydrogen (secondary N) is 2. The van der Waals surface area contributed by atoms with E-state index < -0.39 is 11.8 Å². The minimum atomic E-state index is -0.607. The van der Waals surface area contributed by atoms with Gasteiger partial charge < -0.3 is 16.4 Å². The standard InChI is InChI=1S/C19H21N3O3/c1-13(11-14-5-3-2-4-6-14)18(24)22-16-9-7-15(8-10-16)19(25)21-12-17(20)23/h2-10,13H,11-12H2,1H3,(H2,20,23)(H,21,25)(H,22,24)/t13-/m0/s1. The van der Waals surface area contributed by atoms with Gasteiger partial charge >= 0.3 is 0 Å². The van der Waals surface area contributed by atoms with E-state index in [-0.39, 0.29) is 18.4 Å². The van der Waals surface area contributed by atoms with Crippen LogP contribution in [0.5, 0.6) is 0 Å². The lowest BCUT2D eigenvalue weighted by Gasteiger charge is -2.12. The van der Waals surface area contributed by atoms with Crippen LogP contribution in [0.25, 0.3) is 0 Å². The number of hydrogen-bond acceptors (Lipinski definition) is 3. The molecule has 2 rings (SSSR count). The van der Waals surface area contributed by atoms with Crippen molar-refractivity contribution >= 4 is 23.4 Å². The highest BCUT2D eigenvalue weighted by Gasteiger charge is 2.14. The lowest BCUT2D eigenvalue weighted by molar-refractivity contribution is -0.119. The van der Waals surface area contributed by atoms with E-state index in [1.807, 2.05) is 37.3 Å². The molecule has 0 saturated heterocycles. The highest BCUT2D eigenvalue weighted by atomic mass is 16.2. The van der Waals surface area contributed by atoms with Gasteiger partial charge in [-0.2, -0.15) is 0 Å². The first-order valence-electron chi connectivity index (χ1n) is 7.97. The second-order valence-corrected chi connectivity index (χ2v) is 5.81. The van der Waals surface area contributed by atoms with E-state index in [9.17, 15) is 14.4 Å². The molecule has 2 aromatic rings. The van der Waals surface area contributed by atoms with Crippen molar-refractivity contribution in [3.8, 4) is 0 Å². The molecule has 0 aliphatic carbocycles. The molecule has 0 saturated carbocycles. The molecule has 0 bridgehead atoms. The molecule has 1 atom stereocenters. The third-order valence-electron chi connectivity index (χ3n) is 3.67. The number of carbonyl (C=O) groups is 3. The molecule has 0 unspecified atom stereocenters. The summed E-state index contributed by atoms with van der Waals surface area (Å²) in [6.07, 6.45) is 0.653. The molecule has 6 heteroatoms. The van der Waals surface area contributed by atoms with Crippen LogP contribution in [0.15, 0.2) is 54.6 Å². The normalized spacial score (nSPS) is 11.4. The van der Waals surface area contributed by atoms with E-state index in [1.165, 1.54) is 0 Å². The topological polar surface area (TPSA) is 101 Å². The number of anilines is 1. The summed E-state index contributed by atoms with van der Waals surface area (Å²) in [4.78, 5) is 34.7. The highest BCUT2D eigenvalue weighted by molar-refractivity contribution is 5.97. The van der Waals surface area contributed by atoms with Crippen molar-refractivity contribution in [3.05, 3.63) is 65.7 Å². The molecule has 2 aromatic carbocycles. The first kappa shape index (κ1) is 18.2. The predicted octanol–water partition coefficient (Wildman–Crippen LogP) is 1.72. The van der Waals surface area contributed by atoms with Gasteiger partial charge in [-0.1, -0.05) is 37.3 Å². The number of rotatable bonds is 7. The number of amides is 3. The molecule has 3 amide bonds. The van der Waals surface area contributed by atoms with E-state index in [0.717, 1.165) is 5.56 Å². The van der Waals surface area contributed by atoms with Crippen molar-refractivity contribution in [1.29, 1.82) is 0 Å². The maximum atomic E-state index is 12.3. The Bertz CT molecular complexity index is 742. The average molecular weight is 339 g/mol. The Morgan fingerprint density at radius 1 is 1.00 bits per heavy atom. The third-order valence-corrected chi connectivity index (χ3v) is 3.67. The highest BCUT2D eigenvalue weighted by Crippen LogP contribution is 2.14. The van der Waals surface area contributed by atoms with Crippen LogP contribution in [0.4, 0.5) is 5.69 Å². The predicted molar refractivity (Wildman–Crippen MR) is 95.9 cm³/mol. The molecule has 130 valence electrons. The fourth-order valence-corrected chi connectivity index (χ4v) is 2.30. The van der Waals surface area contributed by atoms with Crippen molar-refractivity contribution < 1.29 is 14.4 Å². The summed E-state index contributed by atoms with van der Waals surface area (Å²) in [5, 5.41) is 5.24. The number of hydrogen-bond donors (Lipinski definition) is 3. The summed E-state index contributed by atoms with van der Waals surface area (Å²) in [5.41, 5.74) is 7.08. The van der Waals surface area contributed by atoms with Gasteiger partial charge in [0.1, 0.15) is 0 Å². The summed E-state index contributed by atoms with van der Waals surface area (Å²) >= 11 is 0. The molecule has 0 heterocycles. The largest absolute Gasteiger partial charge is 0.368 e. The van der Waals surface area contributed by atoms with Gasteiger partial charge in [-0.15, -0.1) is 0 Å². The minimum absolute atomic E-state index is 0.0882. The minimum Gasteiger partial charge on any atom is -0.368 e. The molecule has 0 radical (unpaired) electrons. The Labute approximate surface area is 146 Å². The van der Waals surface area contributed by atoms with E-state index in [0.29, 0.717) is 17.7 Å². The van der Waals surface area contributed by atoms with Gasteiger partial charge in [0.2, 0.25) is 11.8 Å². The fourth-order valence-electron chi connectivity index (χ4n) is 2.30. The molecule has 4 N–H and O–H groups in total. The summed E-state index contributed by atoms with van der Waals surface area (Å²) in [6, 6.07) is 16.3. The Morgan fingerprint density at radius 2 is 1.64 bits per heavy atom. The van der Waals surface area contributed by atoms with E-state index in [1.54, 1.807) is 24.3 Å². The molecular weight excluding hydrogens is 318 g/mol. The summed E-state index contributed by atoms with van der Waals surface area (Å²) in [7, 11) is 0. The lowest BCUT2D eigenvalue weighted by Crippen LogP contribution is -2.33. The average Bonchev–Trinajstić information content (AvgIpc) is 2.61. The molecule has 25 heavy (non-hydrogen) atoms. The van der Waals surface area contributed by atoms with Crippen molar-refractivity contribution in [1.82, 2.24) is 5.32 Å². The zero-order valence-electron chi connectivity index (χ0n) is 14.0. The van der Waals surface area contributed by atoms with Gasteiger partial charge in [0.05, 0.1) is 6.54 Å². The van der Waals surface area contributed by atoms with Gasteiger partial charge in [-0.05, 0) is 36.2 Å². The van der Waals surface area contributed by atoms with Crippen molar-refractivity contribution in [2.75, 3.05) is 11.9 Å². The van der Waals surface area contributed by atoms with Gasteiger partial charge in [-0.3, -0.25) is 14.4 Å². The van der Waals surface area contributed by atoms with Crippen LogP contribution in [0.1, 0.15) is 22.8 Å². The number of nitrogens with two attached hydrogens (primary N) is 1. The fraction of sp³-hybridized carbons (Fsp3) is 0.211. The lowest BCUT2D eigenvalue weighted by atomic mass is 10.0. The number of carbonyl (C=O) groups excluding carboxylic acids is 3. The van der Waals surface area contributed by atoms with Gasteiger partial charge in [0, 0.05) is 17.2 Å². The maximum Gasteiger partial charge on any atom is 0.251 e. The summed E-state index contributed by atoms with van der Waals surface area (Å²) in [5.74, 6) is -1.27. The van der Waals surface area contributed by atoms with Crippen molar-refractivity contribution in [2.24, 2.45) is 11.7 Å². The second kappa shape index (κ2) is 8.63. The van der Waals surface area contributed by atoms with E-state index in [4.69, 9.17) is 5.73 Å². The molecule has 0 spiro atoms. The third kappa shape index (κ3) is 5.76. The van der Waals surface area contributed by atoms with Crippen LogP contribution in [0.3, 0.4) is 0 Å². The molecule has 0 aromatic heterocycles. The van der Waals surface area contributed by atoms with Gasteiger partial charge in [0.15, 0.2) is 0 Å². The zero-order chi connectivity index (χ0) is 18.2. The van der Waals surface area contributed by atoms with Crippen LogP contribution in [0, 0.1) is 5.92 Å². The Balaban J connectivity index is 1.90. The van der Waals surface area contributed by atoms with Crippen LogP contribution >= 0.6 is 0 Å². The molecule has 0 aliphatic rings. The Kier molecular flexibility index (Phi) is 6.28. The molecule has 6 nitrogen and oxygen atoms in total. The maximum absolute atomic E-state index is 12.3. The number of primary amides is 1. The Hall–Kier alpha value is -3.15. The smallest absolute Gasteiger partial charge is 0.251 e. The molecular formula is C19H21N3O3. The van der Waals surface area contributed by atoms with Gasteiger partial charge in [-0.25, -0.2) is 0 Å².